The molecule has 1 rings (SSSR count). The van der Waals surface area contributed by atoms with Gasteiger partial charge in [0.05, 0.1) is 23.3 Å². The van der Waals surface area contributed by atoms with E-state index in [1.165, 1.54) is 11.0 Å². The quantitative estimate of drug-likeness (QED) is 0.805. The fraction of sp³-hybridized carbons (Fsp3) is 0.385. The van der Waals surface area contributed by atoms with Crippen molar-refractivity contribution in [3.63, 3.8) is 0 Å². The SMILES string of the molecule is CN(CCC#N)C(=O)CCS(=O)c1ccc(F)c(F)c1. The summed E-state index contributed by atoms with van der Waals surface area (Å²) in [6.07, 6.45) is 0.252. The molecular formula is C13H14F2N2O2S. The molecule has 1 aromatic carbocycles. The van der Waals surface area contributed by atoms with E-state index in [1.807, 2.05) is 6.07 Å². The summed E-state index contributed by atoms with van der Waals surface area (Å²) in [6, 6.07) is 4.94. The fourth-order valence-electron chi connectivity index (χ4n) is 1.45. The van der Waals surface area contributed by atoms with Crippen molar-refractivity contribution in [2.75, 3.05) is 19.3 Å². The van der Waals surface area contributed by atoms with Crippen LogP contribution in [-0.4, -0.2) is 34.4 Å². The zero-order valence-electron chi connectivity index (χ0n) is 10.9. The van der Waals surface area contributed by atoms with E-state index >= 15 is 0 Å². The van der Waals surface area contributed by atoms with Crippen LogP contribution in [0.1, 0.15) is 12.8 Å². The monoisotopic (exact) mass is 300 g/mol. The maximum atomic E-state index is 13.0. The van der Waals surface area contributed by atoms with Gasteiger partial charge in [-0.25, -0.2) is 8.78 Å². The normalized spacial score (nSPS) is 11.7. The van der Waals surface area contributed by atoms with E-state index in [0.717, 1.165) is 12.1 Å². The summed E-state index contributed by atoms with van der Waals surface area (Å²) >= 11 is 0. The molecule has 0 saturated heterocycles. The molecule has 0 aliphatic rings. The molecule has 0 N–H and O–H groups in total. The third-order valence-electron chi connectivity index (χ3n) is 2.64. The molecule has 0 aliphatic heterocycles. The van der Waals surface area contributed by atoms with Gasteiger partial charge in [0, 0.05) is 30.7 Å². The minimum atomic E-state index is -1.56. The van der Waals surface area contributed by atoms with Gasteiger partial charge in [0.2, 0.25) is 5.91 Å². The van der Waals surface area contributed by atoms with Crippen LogP contribution >= 0.6 is 0 Å². The lowest BCUT2D eigenvalue weighted by Crippen LogP contribution is -2.28. The van der Waals surface area contributed by atoms with Crippen molar-refractivity contribution >= 4 is 16.7 Å². The van der Waals surface area contributed by atoms with Crippen molar-refractivity contribution in [2.24, 2.45) is 0 Å². The van der Waals surface area contributed by atoms with Gasteiger partial charge < -0.3 is 4.90 Å². The van der Waals surface area contributed by atoms with Crippen molar-refractivity contribution in [3.8, 4) is 6.07 Å². The van der Waals surface area contributed by atoms with Crippen molar-refractivity contribution in [1.82, 2.24) is 4.90 Å². The molecule has 108 valence electrons. The molecule has 0 spiro atoms. The van der Waals surface area contributed by atoms with E-state index in [2.05, 4.69) is 0 Å². The molecule has 7 heteroatoms. The molecule has 0 radical (unpaired) electrons. The first-order valence-electron chi connectivity index (χ1n) is 5.90. The van der Waals surface area contributed by atoms with Gasteiger partial charge in [-0.2, -0.15) is 5.26 Å². The third-order valence-corrected chi connectivity index (χ3v) is 3.99. The van der Waals surface area contributed by atoms with Crippen molar-refractivity contribution in [1.29, 1.82) is 5.26 Å². The molecule has 1 atom stereocenters. The highest BCUT2D eigenvalue weighted by molar-refractivity contribution is 7.85. The molecule has 0 bridgehead atoms. The molecule has 4 nitrogen and oxygen atoms in total. The molecule has 0 heterocycles. The van der Waals surface area contributed by atoms with Gasteiger partial charge in [-0.15, -0.1) is 0 Å². The van der Waals surface area contributed by atoms with E-state index in [4.69, 9.17) is 5.26 Å². The van der Waals surface area contributed by atoms with Crippen LogP contribution in [0.15, 0.2) is 23.1 Å². The zero-order chi connectivity index (χ0) is 15.1. The summed E-state index contributed by atoms with van der Waals surface area (Å²) in [5, 5.41) is 8.41. The lowest BCUT2D eigenvalue weighted by Gasteiger charge is -2.15. The van der Waals surface area contributed by atoms with Gasteiger partial charge >= 0.3 is 0 Å². The number of hydrogen-bond donors (Lipinski definition) is 0. The van der Waals surface area contributed by atoms with E-state index < -0.39 is 22.4 Å². The number of halogens is 2. The topological polar surface area (TPSA) is 61.2 Å². The Bertz CT molecular complexity index is 558. The first kappa shape index (κ1) is 16.2. The minimum Gasteiger partial charge on any atom is -0.345 e. The van der Waals surface area contributed by atoms with Crippen LogP contribution in [0.25, 0.3) is 0 Å². The van der Waals surface area contributed by atoms with Crippen molar-refractivity contribution in [3.05, 3.63) is 29.8 Å². The molecule has 0 aliphatic carbocycles. The Morgan fingerprint density at radius 3 is 2.70 bits per heavy atom. The maximum Gasteiger partial charge on any atom is 0.223 e. The predicted molar refractivity (Wildman–Crippen MR) is 70.1 cm³/mol. The number of nitriles is 1. The number of carbonyl (C=O) groups is 1. The number of benzene rings is 1. The largest absolute Gasteiger partial charge is 0.345 e. The average Bonchev–Trinajstić information content (AvgIpc) is 2.44. The second-order valence-electron chi connectivity index (χ2n) is 4.10. The smallest absolute Gasteiger partial charge is 0.223 e. The molecule has 0 aromatic heterocycles. The van der Waals surface area contributed by atoms with Crippen molar-refractivity contribution in [2.45, 2.75) is 17.7 Å². The first-order valence-corrected chi connectivity index (χ1v) is 7.22. The lowest BCUT2D eigenvalue weighted by atomic mass is 10.3. The zero-order valence-corrected chi connectivity index (χ0v) is 11.8. The van der Waals surface area contributed by atoms with E-state index in [1.54, 1.807) is 7.05 Å². The van der Waals surface area contributed by atoms with Gasteiger partial charge in [0.15, 0.2) is 11.6 Å². The van der Waals surface area contributed by atoms with E-state index in [-0.39, 0.29) is 29.4 Å². The first-order chi connectivity index (χ1) is 9.45. The minimum absolute atomic E-state index is 0.0214. The van der Waals surface area contributed by atoms with Crippen LogP contribution in [-0.2, 0) is 15.6 Å². The second kappa shape index (κ2) is 7.70. The number of amides is 1. The molecule has 1 aromatic rings. The average molecular weight is 300 g/mol. The summed E-state index contributed by atoms with van der Waals surface area (Å²) in [6.45, 7) is 0.313. The Labute approximate surface area is 118 Å². The number of carbonyl (C=O) groups excluding carboxylic acids is 1. The van der Waals surface area contributed by atoms with Crippen molar-refractivity contribution < 1.29 is 17.8 Å². The summed E-state index contributed by atoms with van der Waals surface area (Å²) in [5.41, 5.74) is 0. The molecule has 0 saturated carbocycles. The molecule has 0 fully saturated rings. The Kier molecular flexibility index (Phi) is 6.25. The van der Waals surface area contributed by atoms with Crippen LogP contribution in [0.5, 0.6) is 0 Å². The summed E-state index contributed by atoms with van der Waals surface area (Å²) in [4.78, 5) is 13.2. The van der Waals surface area contributed by atoms with Gasteiger partial charge in [0.25, 0.3) is 0 Å². The third kappa shape index (κ3) is 4.70. The van der Waals surface area contributed by atoms with Crippen LogP contribution in [0, 0.1) is 23.0 Å². The lowest BCUT2D eigenvalue weighted by molar-refractivity contribution is -0.129. The van der Waals surface area contributed by atoms with Gasteiger partial charge in [0.1, 0.15) is 0 Å². The van der Waals surface area contributed by atoms with Gasteiger partial charge in [-0.3, -0.25) is 9.00 Å². The number of nitrogens with zero attached hydrogens (tertiary/aromatic N) is 2. The Morgan fingerprint density at radius 1 is 1.40 bits per heavy atom. The predicted octanol–water partition coefficient (Wildman–Crippen LogP) is 1.83. The number of hydrogen-bond acceptors (Lipinski definition) is 3. The summed E-state index contributed by atoms with van der Waals surface area (Å²) in [5.74, 6) is -2.27. The standard InChI is InChI=1S/C13H14F2N2O2S/c1-17(7-2-6-16)13(18)5-8-20(19)10-3-4-11(14)12(15)9-10/h3-4,9H,2,5,7-8H2,1H3. The number of rotatable bonds is 6. The summed E-state index contributed by atoms with van der Waals surface area (Å²) < 4.78 is 37.6. The molecule has 1 amide bonds. The van der Waals surface area contributed by atoms with Gasteiger partial charge in [-0.1, -0.05) is 0 Å². The van der Waals surface area contributed by atoms with E-state index in [9.17, 15) is 17.8 Å². The van der Waals surface area contributed by atoms with Crippen LogP contribution in [0.2, 0.25) is 0 Å². The maximum absolute atomic E-state index is 13.0. The highest BCUT2D eigenvalue weighted by Gasteiger charge is 2.13. The Balaban J connectivity index is 2.53. The van der Waals surface area contributed by atoms with Crippen LogP contribution in [0.3, 0.4) is 0 Å². The molecule has 20 heavy (non-hydrogen) atoms. The summed E-state index contributed by atoms with van der Waals surface area (Å²) in [7, 11) is -0.00826. The molecular weight excluding hydrogens is 286 g/mol. The highest BCUT2D eigenvalue weighted by Crippen LogP contribution is 2.13. The Hall–Kier alpha value is -1.81. The highest BCUT2D eigenvalue weighted by atomic mass is 32.2. The van der Waals surface area contributed by atoms with E-state index in [0.29, 0.717) is 6.54 Å². The van der Waals surface area contributed by atoms with Gasteiger partial charge in [-0.05, 0) is 18.2 Å². The second-order valence-corrected chi connectivity index (χ2v) is 5.67. The Morgan fingerprint density at radius 2 is 2.10 bits per heavy atom. The fourth-order valence-corrected chi connectivity index (χ4v) is 2.50. The van der Waals surface area contributed by atoms with Crippen LogP contribution < -0.4 is 0 Å². The molecule has 1 unspecified atom stereocenters. The van der Waals surface area contributed by atoms with Crippen LogP contribution in [0.4, 0.5) is 8.78 Å².